The van der Waals surface area contributed by atoms with E-state index in [1.165, 1.54) is 124 Å². The second-order valence-electron chi connectivity index (χ2n) is 7.19. The van der Waals surface area contributed by atoms with Gasteiger partial charge in [-0.3, -0.25) is 0 Å². The number of rotatable bonds is 18. The highest BCUT2D eigenvalue weighted by molar-refractivity contribution is 7.37. The van der Waals surface area contributed by atoms with Crippen molar-refractivity contribution in [3.63, 3.8) is 0 Å². The van der Waals surface area contributed by atoms with E-state index in [-0.39, 0.29) is 0 Å². The Morgan fingerprint density at radius 3 is 1.00 bits per heavy atom. The maximum atomic E-state index is 9.75. The number of hydrogen-bond donors (Lipinski definition) is 0. The van der Waals surface area contributed by atoms with E-state index in [2.05, 4.69) is 13.8 Å². The molecule has 1 atom stereocenters. The van der Waals surface area contributed by atoms with E-state index in [1.807, 2.05) is 0 Å². The molecule has 0 heterocycles. The zero-order valence-electron chi connectivity index (χ0n) is 17.3. The van der Waals surface area contributed by atoms with Crippen molar-refractivity contribution >= 4 is 15.8 Å². The van der Waals surface area contributed by atoms with Crippen molar-refractivity contribution in [3.05, 3.63) is 0 Å². The SMILES string of the molecule is CCCCCCCCCCCCCCPCCCCCC.F[B-](F)(F)F. The highest BCUT2D eigenvalue weighted by atomic mass is 31.1. The first kappa shape index (κ1) is 28.4. The van der Waals surface area contributed by atoms with Crippen molar-refractivity contribution in [2.24, 2.45) is 0 Å². The summed E-state index contributed by atoms with van der Waals surface area (Å²) in [6, 6.07) is 0. The van der Waals surface area contributed by atoms with Gasteiger partial charge in [-0.2, -0.15) is 0 Å². The van der Waals surface area contributed by atoms with Crippen molar-refractivity contribution < 1.29 is 17.3 Å². The summed E-state index contributed by atoms with van der Waals surface area (Å²) in [5.74, 6) is 0. The molecular weight excluding hydrogens is 358 g/mol. The normalized spacial score (nSPS) is 11.8. The Kier molecular flexibility index (Phi) is 25.4. The molecule has 0 aliphatic rings. The van der Waals surface area contributed by atoms with Crippen LogP contribution < -0.4 is 0 Å². The molecule has 160 valence electrons. The highest BCUT2D eigenvalue weighted by Crippen LogP contribution is 2.18. The zero-order valence-corrected chi connectivity index (χ0v) is 18.3. The molecule has 0 aliphatic carbocycles. The molecule has 0 saturated carbocycles. The fraction of sp³-hybridized carbons (Fsp3) is 1.00. The van der Waals surface area contributed by atoms with Crippen molar-refractivity contribution in [2.75, 3.05) is 12.3 Å². The first-order valence-corrected chi connectivity index (χ1v) is 12.4. The summed E-state index contributed by atoms with van der Waals surface area (Å²) in [5.41, 5.74) is 0. The lowest BCUT2D eigenvalue weighted by atomic mass is 10.1. The van der Waals surface area contributed by atoms with E-state index in [0.717, 1.165) is 0 Å². The lowest BCUT2D eigenvalue weighted by Gasteiger charge is -2.03. The van der Waals surface area contributed by atoms with Gasteiger partial charge in [-0.25, -0.2) is 0 Å². The maximum Gasteiger partial charge on any atom is 0.673 e. The summed E-state index contributed by atoms with van der Waals surface area (Å²) in [5, 5.41) is 0. The lowest BCUT2D eigenvalue weighted by molar-refractivity contribution is 0.368. The van der Waals surface area contributed by atoms with Crippen LogP contribution in [-0.2, 0) is 0 Å². The largest absolute Gasteiger partial charge is 0.673 e. The van der Waals surface area contributed by atoms with Crippen molar-refractivity contribution in [3.8, 4) is 0 Å². The molecule has 0 bridgehead atoms. The first-order chi connectivity index (χ1) is 12.4. The third-order valence-electron chi connectivity index (χ3n) is 4.41. The van der Waals surface area contributed by atoms with E-state index in [1.54, 1.807) is 0 Å². The van der Waals surface area contributed by atoms with Gasteiger partial charge < -0.3 is 17.3 Å². The molecule has 6 heteroatoms. The molecule has 0 saturated heterocycles. The Bertz CT molecular complexity index is 226. The Labute approximate surface area is 162 Å². The third kappa shape index (κ3) is 39.3. The predicted molar refractivity (Wildman–Crippen MR) is 113 cm³/mol. The van der Waals surface area contributed by atoms with Crippen LogP contribution in [0.15, 0.2) is 0 Å². The van der Waals surface area contributed by atoms with E-state index >= 15 is 0 Å². The first-order valence-electron chi connectivity index (χ1n) is 11.0. The van der Waals surface area contributed by atoms with Crippen LogP contribution in [0.25, 0.3) is 0 Å². The molecule has 0 aromatic heterocycles. The van der Waals surface area contributed by atoms with Crippen molar-refractivity contribution in [1.29, 1.82) is 0 Å². The number of unbranched alkanes of at least 4 members (excludes halogenated alkanes) is 14. The smallest absolute Gasteiger partial charge is 0.418 e. The fourth-order valence-corrected chi connectivity index (χ4v) is 4.14. The lowest BCUT2D eigenvalue weighted by Crippen LogP contribution is -2.02. The minimum Gasteiger partial charge on any atom is -0.418 e. The van der Waals surface area contributed by atoms with Gasteiger partial charge in [0.05, 0.1) is 0 Å². The van der Waals surface area contributed by atoms with Crippen LogP contribution >= 0.6 is 8.58 Å². The zero-order chi connectivity index (χ0) is 19.9. The predicted octanol–water partition coefficient (Wildman–Crippen LogP) is 9.25. The maximum absolute atomic E-state index is 9.75. The molecule has 0 radical (unpaired) electrons. The van der Waals surface area contributed by atoms with Crippen LogP contribution in [0, 0.1) is 0 Å². The van der Waals surface area contributed by atoms with Gasteiger partial charge in [-0.15, -0.1) is 8.58 Å². The Morgan fingerprint density at radius 1 is 0.462 bits per heavy atom. The molecular formula is C20H43BF4P-. The molecule has 1 unspecified atom stereocenters. The summed E-state index contributed by atoms with van der Waals surface area (Å²) in [7, 11) is -4.74. The molecule has 0 nitrogen and oxygen atoms in total. The molecule has 0 N–H and O–H groups in total. The van der Waals surface area contributed by atoms with E-state index in [4.69, 9.17) is 0 Å². The van der Waals surface area contributed by atoms with Crippen LogP contribution in [0.3, 0.4) is 0 Å². The highest BCUT2D eigenvalue weighted by Gasteiger charge is 2.20. The molecule has 0 fully saturated rings. The summed E-state index contributed by atoms with van der Waals surface area (Å²) in [4.78, 5) is 0. The molecule has 0 amide bonds. The van der Waals surface area contributed by atoms with Gasteiger partial charge in [-0.05, 0) is 25.2 Å². The Morgan fingerprint density at radius 2 is 0.692 bits per heavy atom. The fourth-order valence-electron chi connectivity index (χ4n) is 2.89. The Hall–Kier alpha value is 0.215. The van der Waals surface area contributed by atoms with Gasteiger partial charge in [0.1, 0.15) is 0 Å². The van der Waals surface area contributed by atoms with Gasteiger partial charge >= 0.3 is 7.25 Å². The summed E-state index contributed by atoms with van der Waals surface area (Å²) in [6.45, 7) is 4.60. The van der Waals surface area contributed by atoms with Gasteiger partial charge in [0, 0.05) is 0 Å². The van der Waals surface area contributed by atoms with Crippen LogP contribution in [0.5, 0.6) is 0 Å². The molecule has 0 aromatic rings. The summed E-state index contributed by atoms with van der Waals surface area (Å²) in [6.07, 6.45) is 26.5. The topological polar surface area (TPSA) is 0 Å². The van der Waals surface area contributed by atoms with Crippen molar-refractivity contribution in [1.82, 2.24) is 0 Å². The van der Waals surface area contributed by atoms with Crippen LogP contribution in [-0.4, -0.2) is 19.6 Å². The monoisotopic (exact) mass is 401 g/mol. The van der Waals surface area contributed by atoms with E-state index in [9.17, 15) is 17.3 Å². The van der Waals surface area contributed by atoms with Gasteiger partial charge in [0.2, 0.25) is 0 Å². The molecule has 0 aromatic carbocycles. The van der Waals surface area contributed by atoms with Crippen molar-refractivity contribution in [2.45, 2.75) is 117 Å². The number of halogens is 4. The minimum atomic E-state index is -6.00. The Balaban J connectivity index is 0. The summed E-state index contributed by atoms with van der Waals surface area (Å²) >= 11 is 0. The minimum absolute atomic E-state index is 1.26. The quantitative estimate of drug-likeness (QED) is 0.0929. The molecule has 0 rings (SSSR count). The number of hydrogen-bond acceptors (Lipinski definition) is 0. The standard InChI is InChI=1S/C20H43P.BF4/c1-3-5-7-9-10-11-12-13-14-15-16-18-20-21-19-17-8-6-4-2;2-1(3,4)5/h21H,3-20H2,1-2H3;/q;-1. The molecule has 26 heavy (non-hydrogen) atoms. The van der Waals surface area contributed by atoms with Gasteiger partial charge in [-0.1, -0.05) is 104 Å². The summed E-state index contributed by atoms with van der Waals surface area (Å²) < 4.78 is 39.0. The van der Waals surface area contributed by atoms with E-state index < -0.39 is 7.25 Å². The molecule has 0 aliphatic heterocycles. The van der Waals surface area contributed by atoms with Crippen LogP contribution in [0.1, 0.15) is 117 Å². The van der Waals surface area contributed by atoms with Crippen LogP contribution in [0.4, 0.5) is 17.3 Å². The van der Waals surface area contributed by atoms with Gasteiger partial charge in [0.15, 0.2) is 0 Å². The average molecular weight is 401 g/mol. The van der Waals surface area contributed by atoms with E-state index in [0.29, 0.717) is 0 Å². The van der Waals surface area contributed by atoms with Gasteiger partial charge in [0.25, 0.3) is 0 Å². The second kappa shape index (κ2) is 23.3. The third-order valence-corrected chi connectivity index (χ3v) is 5.83. The average Bonchev–Trinajstić information content (AvgIpc) is 2.56. The van der Waals surface area contributed by atoms with Crippen LogP contribution in [0.2, 0.25) is 0 Å². The second-order valence-corrected chi connectivity index (χ2v) is 8.69. The molecule has 0 spiro atoms.